The Hall–Kier alpha value is -1.59. The van der Waals surface area contributed by atoms with E-state index in [2.05, 4.69) is 10.3 Å². The van der Waals surface area contributed by atoms with E-state index in [-0.39, 0.29) is 5.78 Å². The molecule has 0 amide bonds. The predicted octanol–water partition coefficient (Wildman–Crippen LogP) is 4.66. The zero-order chi connectivity index (χ0) is 15.6. The number of benzene rings is 1. The maximum atomic E-state index is 12.1. The third-order valence-corrected chi connectivity index (χ3v) is 4.19. The second kappa shape index (κ2) is 6.45. The summed E-state index contributed by atoms with van der Waals surface area (Å²) in [5.41, 5.74) is 7.76. The van der Waals surface area contributed by atoms with Crippen molar-refractivity contribution in [2.45, 2.75) is 27.2 Å². The van der Waals surface area contributed by atoms with E-state index in [1.807, 2.05) is 32.9 Å². The highest BCUT2D eigenvalue weighted by Crippen LogP contribution is 2.31. The van der Waals surface area contributed by atoms with Gasteiger partial charge >= 0.3 is 0 Å². The number of rotatable bonds is 5. The molecule has 0 saturated heterocycles. The van der Waals surface area contributed by atoms with Gasteiger partial charge in [-0.05, 0) is 36.6 Å². The Morgan fingerprint density at radius 1 is 1.48 bits per heavy atom. The van der Waals surface area contributed by atoms with Crippen LogP contribution in [0.4, 0.5) is 16.6 Å². The quantitative estimate of drug-likeness (QED) is 0.785. The summed E-state index contributed by atoms with van der Waals surface area (Å²) in [6.07, 6.45) is 0.478. The molecule has 1 heterocycles. The van der Waals surface area contributed by atoms with Crippen molar-refractivity contribution in [1.82, 2.24) is 4.98 Å². The van der Waals surface area contributed by atoms with Crippen LogP contribution in [-0.2, 0) is 0 Å². The van der Waals surface area contributed by atoms with Gasteiger partial charge in [0.1, 0.15) is 10.7 Å². The van der Waals surface area contributed by atoms with Gasteiger partial charge in [-0.1, -0.05) is 36.8 Å². The first kappa shape index (κ1) is 15.8. The lowest BCUT2D eigenvalue weighted by Gasteiger charge is -2.06. The summed E-state index contributed by atoms with van der Waals surface area (Å²) in [5, 5.41) is 4.49. The number of nitrogens with one attached hydrogen (secondary N) is 1. The maximum absolute atomic E-state index is 12.1. The highest BCUT2D eigenvalue weighted by atomic mass is 35.5. The van der Waals surface area contributed by atoms with Gasteiger partial charge < -0.3 is 11.1 Å². The summed E-state index contributed by atoms with van der Waals surface area (Å²) >= 11 is 7.22. The summed E-state index contributed by atoms with van der Waals surface area (Å²) in [5.74, 6) is 0.634. The number of ketones is 1. The van der Waals surface area contributed by atoms with Crippen LogP contribution >= 0.6 is 22.9 Å². The third kappa shape index (κ3) is 3.95. The molecule has 1 aromatic heterocycles. The molecule has 1 aromatic carbocycles. The minimum absolute atomic E-state index is 0.0425. The number of carbonyl (C=O) groups is 1. The zero-order valence-electron chi connectivity index (χ0n) is 12.2. The van der Waals surface area contributed by atoms with Gasteiger partial charge in [0.25, 0.3) is 0 Å². The molecule has 4 nitrogen and oxygen atoms in total. The van der Waals surface area contributed by atoms with Gasteiger partial charge in [0.15, 0.2) is 10.9 Å². The molecule has 0 atom stereocenters. The molecule has 0 aliphatic carbocycles. The molecule has 0 saturated carbocycles. The van der Waals surface area contributed by atoms with Gasteiger partial charge in [0.2, 0.25) is 0 Å². The standard InChI is InChI=1S/C15H18ClN3OS/c1-8(2)6-12(20)13-14(17)19-15(21-13)18-11-5-4-10(16)7-9(11)3/h4-5,7-8H,6,17H2,1-3H3,(H,18,19). The minimum atomic E-state index is 0.0425. The number of thiazole rings is 1. The number of anilines is 3. The maximum Gasteiger partial charge on any atom is 0.189 e. The number of aryl methyl sites for hydroxylation is 1. The highest BCUT2D eigenvalue weighted by molar-refractivity contribution is 7.18. The monoisotopic (exact) mass is 323 g/mol. The number of hydrogen-bond acceptors (Lipinski definition) is 5. The van der Waals surface area contributed by atoms with Gasteiger partial charge in [-0.3, -0.25) is 4.79 Å². The molecule has 112 valence electrons. The molecule has 21 heavy (non-hydrogen) atoms. The van der Waals surface area contributed by atoms with Crippen molar-refractivity contribution in [3.8, 4) is 0 Å². The fraction of sp³-hybridized carbons (Fsp3) is 0.333. The average molecular weight is 324 g/mol. The smallest absolute Gasteiger partial charge is 0.189 e. The highest BCUT2D eigenvalue weighted by Gasteiger charge is 2.17. The SMILES string of the molecule is Cc1cc(Cl)ccc1Nc1nc(N)c(C(=O)CC(C)C)s1. The summed E-state index contributed by atoms with van der Waals surface area (Å²) < 4.78 is 0. The van der Waals surface area contributed by atoms with E-state index in [0.717, 1.165) is 11.3 Å². The van der Waals surface area contributed by atoms with Crippen LogP contribution in [-0.4, -0.2) is 10.8 Å². The summed E-state index contributed by atoms with van der Waals surface area (Å²) in [6, 6.07) is 5.55. The topological polar surface area (TPSA) is 68.0 Å². The van der Waals surface area contributed by atoms with Gasteiger partial charge in [0, 0.05) is 17.1 Å². The number of nitrogen functional groups attached to an aromatic ring is 1. The second-order valence-electron chi connectivity index (χ2n) is 5.34. The van der Waals surface area contributed by atoms with Gasteiger partial charge in [-0.25, -0.2) is 4.98 Å². The fourth-order valence-corrected chi connectivity index (χ4v) is 3.00. The van der Waals surface area contributed by atoms with E-state index >= 15 is 0 Å². The van der Waals surface area contributed by atoms with E-state index in [4.69, 9.17) is 17.3 Å². The Bertz CT molecular complexity index is 667. The predicted molar refractivity (Wildman–Crippen MR) is 89.8 cm³/mol. The molecule has 2 rings (SSSR count). The van der Waals surface area contributed by atoms with Crippen LogP contribution in [0.1, 0.15) is 35.5 Å². The van der Waals surface area contributed by atoms with Gasteiger partial charge in [-0.2, -0.15) is 0 Å². The molecule has 3 N–H and O–H groups in total. The number of aromatic nitrogens is 1. The van der Waals surface area contributed by atoms with Crippen LogP contribution < -0.4 is 11.1 Å². The number of nitrogens with zero attached hydrogens (tertiary/aromatic N) is 1. The van der Waals surface area contributed by atoms with Crippen LogP contribution in [0.25, 0.3) is 0 Å². The van der Waals surface area contributed by atoms with E-state index in [0.29, 0.717) is 33.2 Å². The summed E-state index contributed by atoms with van der Waals surface area (Å²) in [6.45, 7) is 5.96. The molecule has 6 heteroatoms. The molecule has 2 aromatic rings. The van der Waals surface area contributed by atoms with Crippen LogP contribution in [0.15, 0.2) is 18.2 Å². The summed E-state index contributed by atoms with van der Waals surface area (Å²) in [4.78, 5) is 16.9. The number of halogens is 1. The molecule has 0 bridgehead atoms. The minimum Gasteiger partial charge on any atom is -0.382 e. The fourth-order valence-electron chi connectivity index (χ4n) is 1.93. The van der Waals surface area contributed by atoms with E-state index in [9.17, 15) is 4.79 Å². The third-order valence-electron chi connectivity index (χ3n) is 2.93. The van der Waals surface area contributed by atoms with Crippen molar-refractivity contribution in [1.29, 1.82) is 0 Å². The number of Topliss-reactive ketones (excluding diaryl/α,β-unsaturated/α-hetero) is 1. The molecular weight excluding hydrogens is 306 g/mol. The molecule has 0 fully saturated rings. The van der Waals surface area contributed by atoms with E-state index in [1.165, 1.54) is 11.3 Å². The Kier molecular flexibility index (Phi) is 4.85. The van der Waals surface area contributed by atoms with Crippen LogP contribution in [0.2, 0.25) is 5.02 Å². The van der Waals surface area contributed by atoms with Crippen molar-refractivity contribution < 1.29 is 4.79 Å². The van der Waals surface area contributed by atoms with Gasteiger partial charge in [-0.15, -0.1) is 0 Å². The summed E-state index contributed by atoms with van der Waals surface area (Å²) in [7, 11) is 0. The van der Waals surface area contributed by atoms with Crippen molar-refractivity contribution in [2.75, 3.05) is 11.1 Å². The van der Waals surface area contributed by atoms with Crippen molar-refractivity contribution in [3.63, 3.8) is 0 Å². The van der Waals surface area contributed by atoms with Crippen molar-refractivity contribution in [3.05, 3.63) is 33.7 Å². The molecule has 0 aliphatic heterocycles. The zero-order valence-corrected chi connectivity index (χ0v) is 13.8. The van der Waals surface area contributed by atoms with E-state index < -0.39 is 0 Å². The Balaban J connectivity index is 2.20. The first-order chi connectivity index (χ1) is 9.86. The van der Waals surface area contributed by atoms with Crippen LogP contribution in [0, 0.1) is 12.8 Å². The first-order valence-corrected chi connectivity index (χ1v) is 7.89. The van der Waals surface area contributed by atoms with Crippen LogP contribution in [0.3, 0.4) is 0 Å². The Morgan fingerprint density at radius 2 is 2.19 bits per heavy atom. The first-order valence-electron chi connectivity index (χ1n) is 6.69. The lowest BCUT2D eigenvalue weighted by atomic mass is 10.1. The largest absolute Gasteiger partial charge is 0.382 e. The molecule has 0 spiro atoms. The van der Waals surface area contributed by atoms with Gasteiger partial charge in [0.05, 0.1) is 0 Å². The molecule has 0 aliphatic rings. The number of carbonyl (C=O) groups excluding carboxylic acids is 1. The molecular formula is C15H18ClN3OS. The Morgan fingerprint density at radius 3 is 2.81 bits per heavy atom. The van der Waals surface area contributed by atoms with E-state index in [1.54, 1.807) is 6.07 Å². The lowest BCUT2D eigenvalue weighted by molar-refractivity contribution is 0.0972. The number of nitrogens with two attached hydrogens (primary N) is 1. The van der Waals surface area contributed by atoms with Crippen LogP contribution in [0.5, 0.6) is 0 Å². The van der Waals surface area contributed by atoms with Crippen molar-refractivity contribution in [2.24, 2.45) is 5.92 Å². The number of hydrogen-bond donors (Lipinski definition) is 2. The lowest BCUT2D eigenvalue weighted by Crippen LogP contribution is -2.04. The Labute approximate surface area is 133 Å². The normalized spacial score (nSPS) is 10.9. The molecule has 0 radical (unpaired) electrons. The molecule has 0 unspecified atom stereocenters. The average Bonchev–Trinajstić information content (AvgIpc) is 2.73. The van der Waals surface area contributed by atoms with Crippen molar-refractivity contribution >= 4 is 45.4 Å². The second-order valence-corrected chi connectivity index (χ2v) is 6.77.